The maximum atomic E-state index is 11.1. The van der Waals surface area contributed by atoms with E-state index in [1.165, 1.54) is 19.4 Å². The summed E-state index contributed by atoms with van der Waals surface area (Å²) >= 11 is 0. The smallest absolute Gasteiger partial charge is 0.280 e. The minimum absolute atomic E-state index is 0.0491. The summed E-state index contributed by atoms with van der Waals surface area (Å²) in [6.07, 6.45) is 2.88. The standard InChI is InChI=1S/C6H5N5O.CH5N/c7-6-10-4-3(5(12)11-6)8-1-2-9-4;1-2/h1-2H,(H3,7,9,10,11,12);2H2,1H3. The lowest BCUT2D eigenvalue weighted by molar-refractivity contribution is 1.12. The minimum atomic E-state index is -0.370. The maximum absolute atomic E-state index is 11.1. The van der Waals surface area contributed by atoms with Crippen LogP contribution in [-0.2, 0) is 0 Å². The summed E-state index contributed by atoms with van der Waals surface area (Å²) < 4.78 is 0. The van der Waals surface area contributed by atoms with Gasteiger partial charge in [-0.15, -0.1) is 0 Å². The van der Waals surface area contributed by atoms with Crippen molar-refractivity contribution >= 4 is 17.1 Å². The second-order valence-corrected chi connectivity index (χ2v) is 2.18. The summed E-state index contributed by atoms with van der Waals surface area (Å²) in [5.41, 5.74) is 9.88. The molecule has 5 N–H and O–H groups in total. The fourth-order valence-corrected chi connectivity index (χ4v) is 0.890. The van der Waals surface area contributed by atoms with E-state index < -0.39 is 0 Å². The Morgan fingerprint density at radius 1 is 1.29 bits per heavy atom. The largest absolute Gasteiger partial charge is 0.369 e. The van der Waals surface area contributed by atoms with Gasteiger partial charge in [-0.2, -0.15) is 4.98 Å². The summed E-state index contributed by atoms with van der Waals surface area (Å²) in [5, 5.41) is 0. The first-order chi connectivity index (χ1) is 6.77. The molecule has 0 unspecified atom stereocenters. The Labute approximate surface area is 79.2 Å². The number of aromatic nitrogens is 4. The zero-order valence-electron chi connectivity index (χ0n) is 7.56. The number of nitrogens with one attached hydrogen (secondary N) is 1. The summed E-state index contributed by atoms with van der Waals surface area (Å²) in [6, 6.07) is 0. The predicted octanol–water partition coefficient (Wildman–Crippen LogP) is -1.13. The molecule has 7 heteroatoms. The predicted molar refractivity (Wildman–Crippen MR) is 52.5 cm³/mol. The topological polar surface area (TPSA) is 124 Å². The van der Waals surface area contributed by atoms with E-state index in [-0.39, 0.29) is 22.7 Å². The molecule has 14 heavy (non-hydrogen) atoms. The van der Waals surface area contributed by atoms with Gasteiger partial charge in [0.2, 0.25) is 5.95 Å². The van der Waals surface area contributed by atoms with Crippen LogP contribution in [-0.4, -0.2) is 27.0 Å². The Hall–Kier alpha value is -2.02. The van der Waals surface area contributed by atoms with E-state index in [9.17, 15) is 4.79 Å². The summed E-state index contributed by atoms with van der Waals surface area (Å²) in [7, 11) is 1.50. The van der Waals surface area contributed by atoms with Crippen molar-refractivity contribution in [3.8, 4) is 0 Å². The van der Waals surface area contributed by atoms with E-state index in [2.05, 4.69) is 25.7 Å². The highest BCUT2D eigenvalue weighted by atomic mass is 16.1. The Morgan fingerprint density at radius 3 is 2.64 bits per heavy atom. The zero-order valence-corrected chi connectivity index (χ0v) is 7.56. The molecule has 0 saturated heterocycles. The highest BCUT2D eigenvalue weighted by Crippen LogP contribution is 1.97. The number of aromatic amines is 1. The van der Waals surface area contributed by atoms with Gasteiger partial charge in [0.1, 0.15) is 0 Å². The van der Waals surface area contributed by atoms with Crippen molar-refractivity contribution in [2.75, 3.05) is 12.8 Å². The molecule has 0 aromatic carbocycles. The Morgan fingerprint density at radius 2 is 1.93 bits per heavy atom. The first-order valence-electron chi connectivity index (χ1n) is 3.81. The number of anilines is 1. The molecule has 0 bridgehead atoms. The number of nitrogens with zero attached hydrogens (tertiary/aromatic N) is 3. The Bertz CT molecular complexity index is 479. The summed E-state index contributed by atoms with van der Waals surface area (Å²) in [4.78, 5) is 24.9. The average Bonchev–Trinajstić information content (AvgIpc) is 2.20. The fraction of sp³-hybridized carbons (Fsp3) is 0.143. The average molecular weight is 194 g/mol. The molecular weight excluding hydrogens is 184 g/mol. The zero-order chi connectivity index (χ0) is 10.6. The van der Waals surface area contributed by atoms with Crippen LogP contribution >= 0.6 is 0 Å². The lowest BCUT2D eigenvalue weighted by atomic mass is 10.5. The molecule has 0 spiro atoms. The number of hydrogen-bond donors (Lipinski definition) is 3. The van der Waals surface area contributed by atoms with Gasteiger partial charge in [-0.25, -0.2) is 9.97 Å². The molecule has 2 aromatic heterocycles. The van der Waals surface area contributed by atoms with Crippen LogP contribution in [0.4, 0.5) is 5.95 Å². The number of nitrogens with two attached hydrogens (primary N) is 2. The van der Waals surface area contributed by atoms with Gasteiger partial charge in [0, 0.05) is 12.4 Å². The van der Waals surface area contributed by atoms with Gasteiger partial charge in [-0.05, 0) is 7.05 Å². The van der Waals surface area contributed by atoms with Gasteiger partial charge in [-0.1, -0.05) is 0 Å². The third kappa shape index (κ3) is 1.83. The molecule has 2 aromatic rings. The van der Waals surface area contributed by atoms with E-state index >= 15 is 0 Å². The molecule has 0 atom stereocenters. The van der Waals surface area contributed by atoms with Gasteiger partial charge < -0.3 is 11.5 Å². The molecule has 0 aliphatic carbocycles. The summed E-state index contributed by atoms with van der Waals surface area (Å²) in [6.45, 7) is 0. The normalized spacial score (nSPS) is 9.29. The van der Waals surface area contributed by atoms with Crippen LogP contribution in [0.2, 0.25) is 0 Å². The number of rotatable bonds is 0. The number of fused-ring (bicyclic) bond motifs is 1. The highest BCUT2D eigenvalue weighted by Gasteiger charge is 2.01. The SMILES string of the molecule is CN.Nc1nc2nccnc2c(=O)[nH]1. The number of hydrogen-bond acceptors (Lipinski definition) is 6. The van der Waals surface area contributed by atoms with Crippen LogP contribution in [0, 0.1) is 0 Å². The van der Waals surface area contributed by atoms with Crippen molar-refractivity contribution in [1.29, 1.82) is 0 Å². The Kier molecular flexibility index (Phi) is 3.08. The van der Waals surface area contributed by atoms with Crippen LogP contribution in [0.15, 0.2) is 17.2 Å². The van der Waals surface area contributed by atoms with Gasteiger partial charge >= 0.3 is 0 Å². The first-order valence-corrected chi connectivity index (χ1v) is 3.81. The van der Waals surface area contributed by atoms with Crippen molar-refractivity contribution in [3.63, 3.8) is 0 Å². The number of H-pyrrole nitrogens is 1. The van der Waals surface area contributed by atoms with Crippen molar-refractivity contribution < 1.29 is 0 Å². The monoisotopic (exact) mass is 194 g/mol. The molecule has 7 nitrogen and oxygen atoms in total. The van der Waals surface area contributed by atoms with Crippen LogP contribution in [0.25, 0.3) is 11.2 Å². The molecule has 0 amide bonds. The van der Waals surface area contributed by atoms with Crippen LogP contribution in [0.5, 0.6) is 0 Å². The van der Waals surface area contributed by atoms with Crippen molar-refractivity contribution in [1.82, 2.24) is 19.9 Å². The van der Waals surface area contributed by atoms with Gasteiger partial charge in [0.15, 0.2) is 11.2 Å². The third-order valence-corrected chi connectivity index (χ3v) is 1.36. The lowest BCUT2D eigenvalue weighted by Crippen LogP contribution is -2.12. The van der Waals surface area contributed by atoms with Gasteiger partial charge in [0.05, 0.1) is 0 Å². The van der Waals surface area contributed by atoms with Crippen molar-refractivity contribution in [2.45, 2.75) is 0 Å². The van der Waals surface area contributed by atoms with E-state index in [1.807, 2.05) is 0 Å². The Balaban J connectivity index is 0.000000461. The lowest BCUT2D eigenvalue weighted by Gasteiger charge is -1.94. The molecule has 0 saturated carbocycles. The summed E-state index contributed by atoms with van der Waals surface area (Å²) in [5.74, 6) is 0.0491. The van der Waals surface area contributed by atoms with E-state index in [0.29, 0.717) is 0 Å². The van der Waals surface area contributed by atoms with Crippen molar-refractivity contribution in [3.05, 3.63) is 22.7 Å². The maximum Gasteiger partial charge on any atom is 0.280 e. The molecule has 2 heterocycles. The van der Waals surface area contributed by atoms with E-state index in [0.717, 1.165) is 0 Å². The van der Waals surface area contributed by atoms with Crippen molar-refractivity contribution in [2.24, 2.45) is 5.73 Å². The molecule has 2 rings (SSSR count). The third-order valence-electron chi connectivity index (χ3n) is 1.36. The fourth-order valence-electron chi connectivity index (χ4n) is 0.890. The van der Waals surface area contributed by atoms with Crippen LogP contribution in [0.1, 0.15) is 0 Å². The quantitative estimate of drug-likeness (QED) is 0.487. The van der Waals surface area contributed by atoms with Crippen LogP contribution < -0.4 is 17.0 Å². The molecule has 0 aliphatic heterocycles. The second-order valence-electron chi connectivity index (χ2n) is 2.18. The minimum Gasteiger partial charge on any atom is -0.369 e. The second kappa shape index (κ2) is 4.28. The molecular formula is C7H10N6O. The van der Waals surface area contributed by atoms with E-state index in [1.54, 1.807) is 0 Å². The first kappa shape index (κ1) is 10.1. The van der Waals surface area contributed by atoms with Gasteiger partial charge in [-0.3, -0.25) is 9.78 Å². The van der Waals surface area contributed by atoms with E-state index in [4.69, 9.17) is 5.73 Å². The molecule has 0 radical (unpaired) electrons. The van der Waals surface area contributed by atoms with Crippen LogP contribution in [0.3, 0.4) is 0 Å². The number of nitrogen functional groups attached to an aromatic ring is 1. The van der Waals surface area contributed by atoms with Gasteiger partial charge in [0.25, 0.3) is 5.56 Å². The highest BCUT2D eigenvalue weighted by molar-refractivity contribution is 5.68. The molecule has 0 aliphatic rings. The molecule has 74 valence electrons. The molecule has 0 fully saturated rings.